The van der Waals surface area contributed by atoms with Crippen LogP contribution in [0.1, 0.15) is 24.0 Å². The number of rotatable bonds is 8. The number of amides is 1. The highest BCUT2D eigenvalue weighted by Gasteiger charge is 2.23. The molecule has 1 fully saturated rings. The van der Waals surface area contributed by atoms with Gasteiger partial charge in [-0.15, -0.1) is 0 Å². The molecule has 5 nitrogen and oxygen atoms in total. The highest BCUT2D eigenvalue weighted by atomic mass is 32.2. The Morgan fingerprint density at radius 2 is 1.64 bits per heavy atom. The molecule has 3 rings (SSSR count). The monoisotopic (exact) mass is 358 g/mol. The van der Waals surface area contributed by atoms with Gasteiger partial charge in [0.15, 0.2) is 0 Å². The van der Waals surface area contributed by atoms with E-state index in [0.717, 1.165) is 24.0 Å². The molecule has 132 valence electrons. The zero-order chi connectivity index (χ0) is 17.7. The van der Waals surface area contributed by atoms with Crippen molar-refractivity contribution >= 4 is 21.6 Å². The molecule has 2 N–H and O–H groups in total. The summed E-state index contributed by atoms with van der Waals surface area (Å²) in [6.45, 7) is 0. The molecule has 0 bridgehead atoms. The first-order valence-electron chi connectivity index (χ1n) is 8.43. The number of hydrogen-bond donors (Lipinski definition) is 2. The zero-order valence-electron chi connectivity index (χ0n) is 13.9. The summed E-state index contributed by atoms with van der Waals surface area (Å²) in [6.07, 6.45) is 2.91. The van der Waals surface area contributed by atoms with Crippen molar-refractivity contribution in [2.24, 2.45) is 0 Å². The van der Waals surface area contributed by atoms with Crippen LogP contribution in [0.25, 0.3) is 0 Å². The van der Waals surface area contributed by atoms with E-state index >= 15 is 0 Å². The molecule has 0 unspecified atom stereocenters. The van der Waals surface area contributed by atoms with Crippen LogP contribution < -0.4 is 10.0 Å². The Balaban J connectivity index is 1.51. The van der Waals surface area contributed by atoms with Crippen molar-refractivity contribution < 1.29 is 13.2 Å². The van der Waals surface area contributed by atoms with Gasteiger partial charge in [-0.05, 0) is 42.5 Å². The van der Waals surface area contributed by atoms with E-state index in [1.54, 1.807) is 24.3 Å². The Hall–Kier alpha value is -2.34. The van der Waals surface area contributed by atoms with Gasteiger partial charge in [-0.2, -0.15) is 0 Å². The fourth-order valence-corrected chi connectivity index (χ4v) is 3.61. The van der Waals surface area contributed by atoms with Crippen LogP contribution >= 0.6 is 0 Å². The molecule has 1 aliphatic rings. The van der Waals surface area contributed by atoms with Crippen molar-refractivity contribution in [3.8, 4) is 0 Å². The second kappa shape index (κ2) is 7.70. The second-order valence-corrected chi connectivity index (χ2v) is 8.21. The molecule has 2 aromatic carbocycles. The van der Waals surface area contributed by atoms with Gasteiger partial charge in [0.1, 0.15) is 0 Å². The third kappa shape index (κ3) is 5.90. The van der Waals surface area contributed by atoms with Crippen molar-refractivity contribution in [3.05, 3.63) is 65.7 Å². The summed E-state index contributed by atoms with van der Waals surface area (Å²) in [5.41, 5.74) is 2.37. The quantitative estimate of drug-likeness (QED) is 0.761. The van der Waals surface area contributed by atoms with Gasteiger partial charge in [-0.25, -0.2) is 8.42 Å². The number of aryl methyl sites for hydroxylation is 1. The highest BCUT2D eigenvalue weighted by molar-refractivity contribution is 7.92. The molecule has 25 heavy (non-hydrogen) atoms. The van der Waals surface area contributed by atoms with Crippen LogP contribution in [0.5, 0.6) is 0 Å². The molecule has 1 saturated carbocycles. The summed E-state index contributed by atoms with van der Waals surface area (Å²) >= 11 is 0. The molecule has 0 aromatic heterocycles. The number of nitrogens with one attached hydrogen (secondary N) is 2. The van der Waals surface area contributed by atoms with Gasteiger partial charge in [-0.1, -0.05) is 42.5 Å². The summed E-state index contributed by atoms with van der Waals surface area (Å²) in [5.74, 6) is 0.0430. The fourth-order valence-electron chi connectivity index (χ4n) is 2.51. The standard InChI is InChI=1S/C19H22N2O3S/c22-19(20-17-10-11-17)14-16-6-8-18(9-7-16)21-25(23,24)13-12-15-4-2-1-3-5-15/h1-9,17,21H,10-14H2,(H,20,22). The fraction of sp³-hybridized carbons (Fsp3) is 0.316. The third-order valence-corrected chi connectivity index (χ3v) is 5.33. The minimum Gasteiger partial charge on any atom is -0.353 e. The van der Waals surface area contributed by atoms with E-state index in [2.05, 4.69) is 10.0 Å². The van der Waals surface area contributed by atoms with E-state index in [1.165, 1.54) is 0 Å². The lowest BCUT2D eigenvalue weighted by Gasteiger charge is -2.09. The first-order chi connectivity index (χ1) is 12.0. The average molecular weight is 358 g/mol. The summed E-state index contributed by atoms with van der Waals surface area (Å²) in [7, 11) is -3.41. The van der Waals surface area contributed by atoms with Gasteiger partial charge in [0.05, 0.1) is 12.2 Å². The number of benzene rings is 2. The predicted octanol–water partition coefficient (Wildman–Crippen LogP) is 2.49. The Labute approximate surface area is 148 Å². The maximum atomic E-state index is 12.2. The summed E-state index contributed by atoms with van der Waals surface area (Å²) < 4.78 is 27.0. The van der Waals surface area contributed by atoms with E-state index in [9.17, 15) is 13.2 Å². The lowest BCUT2D eigenvalue weighted by Crippen LogP contribution is -2.26. The van der Waals surface area contributed by atoms with E-state index in [-0.39, 0.29) is 11.7 Å². The minimum atomic E-state index is -3.41. The van der Waals surface area contributed by atoms with Crippen LogP contribution in [0, 0.1) is 0 Å². The molecular formula is C19H22N2O3S. The normalized spacial score (nSPS) is 14.1. The van der Waals surface area contributed by atoms with E-state index < -0.39 is 10.0 Å². The van der Waals surface area contributed by atoms with Gasteiger partial charge in [0.25, 0.3) is 0 Å². The van der Waals surface area contributed by atoms with Gasteiger partial charge < -0.3 is 5.32 Å². The molecule has 6 heteroatoms. The second-order valence-electron chi connectivity index (χ2n) is 6.37. The maximum Gasteiger partial charge on any atom is 0.233 e. The molecule has 0 radical (unpaired) electrons. The largest absolute Gasteiger partial charge is 0.353 e. The first-order valence-corrected chi connectivity index (χ1v) is 10.1. The van der Waals surface area contributed by atoms with Crippen LogP contribution in [0.15, 0.2) is 54.6 Å². The van der Waals surface area contributed by atoms with Crippen molar-refractivity contribution in [3.63, 3.8) is 0 Å². The Bertz CT molecular complexity index is 814. The van der Waals surface area contributed by atoms with Gasteiger partial charge in [0.2, 0.25) is 15.9 Å². The van der Waals surface area contributed by atoms with Gasteiger partial charge in [0, 0.05) is 11.7 Å². The summed E-state index contributed by atoms with van der Waals surface area (Å²) in [4.78, 5) is 11.8. The first kappa shape index (κ1) is 17.5. The van der Waals surface area contributed by atoms with Crippen molar-refractivity contribution in [2.45, 2.75) is 31.7 Å². The Kier molecular flexibility index (Phi) is 5.38. The Morgan fingerprint density at radius 1 is 0.960 bits per heavy atom. The lowest BCUT2D eigenvalue weighted by atomic mass is 10.1. The number of anilines is 1. The smallest absolute Gasteiger partial charge is 0.233 e. The van der Waals surface area contributed by atoms with Gasteiger partial charge >= 0.3 is 0 Å². The SMILES string of the molecule is O=C(Cc1ccc(NS(=O)(=O)CCc2ccccc2)cc1)NC1CC1. The predicted molar refractivity (Wildman–Crippen MR) is 98.9 cm³/mol. The van der Waals surface area contributed by atoms with E-state index in [0.29, 0.717) is 24.6 Å². The number of carbonyl (C=O) groups is 1. The molecule has 0 spiro atoms. The van der Waals surface area contributed by atoms with Crippen LogP contribution in [-0.2, 0) is 27.7 Å². The number of sulfonamides is 1. The van der Waals surface area contributed by atoms with Crippen LogP contribution in [0.4, 0.5) is 5.69 Å². The molecule has 0 heterocycles. The minimum absolute atomic E-state index is 0.0127. The Morgan fingerprint density at radius 3 is 2.28 bits per heavy atom. The van der Waals surface area contributed by atoms with Crippen LogP contribution in [0.2, 0.25) is 0 Å². The summed E-state index contributed by atoms with van der Waals surface area (Å²) in [6, 6.07) is 16.8. The topological polar surface area (TPSA) is 75.3 Å². The molecular weight excluding hydrogens is 336 g/mol. The molecule has 0 atom stereocenters. The number of carbonyl (C=O) groups excluding carboxylic acids is 1. The van der Waals surface area contributed by atoms with E-state index in [1.807, 2.05) is 30.3 Å². The van der Waals surface area contributed by atoms with Crippen LogP contribution in [0.3, 0.4) is 0 Å². The van der Waals surface area contributed by atoms with Crippen LogP contribution in [-0.4, -0.2) is 26.1 Å². The molecule has 1 amide bonds. The summed E-state index contributed by atoms with van der Waals surface area (Å²) in [5, 5.41) is 2.94. The third-order valence-electron chi connectivity index (χ3n) is 4.04. The number of hydrogen-bond acceptors (Lipinski definition) is 3. The molecule has 2 aromatic rings. The zero-order valence-corrected chi connectivity index (χ0v) is 14.8. The maximum absolute atomic E-state index is 12.2. The highest BCUT2D eigenvalue weighted by Crippen LogP contribution is 2.19. The van der Waals surface area contributed by atoms with Gasteiger partial charge in [-0.3, -0.25) is 9.52 Å². The molecule has 0 saturated heterocycles. The van der Waals surface area contributed by atoms with Crippen molar-refractivity contribution in [2.75, 3.05) is 10.5 Å². The molecule has 0 aliphatic heterocycles. The van der Waals surface area contributed by atoms with E-state index in [4.69, 9.17) is 0 Å². The van der Waals surface area contributed by atoms with Crippen molar-refractivity contribution in [1.82, 2.24) is 5.32 Å². The average Bonchev–Trinajstić information content (AvgIpc) is 3.39. The molecule has 1 aliphatic carbocycles. The lowest BCUT2D eigenvalue weighted by molar-refractivity contribution is -0.120. The van der Waals surface area contributed by atoms with Crippen molar-refractivity contribution in [1.29, 1.82) is 0 Å².